The molecule has 2 amide bonds. The van der Waals surface area contributed by atoms with Crippen LogP contribution < -0.4 is 0 Å². The highest BCUT2D eigenvalue weighted by Gasteiger charge is 2.34. The third kappa shape index (κ3) is 4.59. The van der Waals surface area contributed by atoms with Crippen LogP contribution in [0.5, 0.6) is 0 Å². The Kier molecular flexibility index (Phi) is 5.31. The average molecular weight is 321 g/mol. The molecule has 0 aromatic rings. The molecule has 2 saturated heterocycles. The largest absolute Gasteiger partial charge is 0.401 e. The summed E-state index contributed by atoms with van der Waals surface area (Å²) in [5.74, 6) is -0.0636. The molecule has 126 valence electrons. The molecular weight excluding hydrogens is 299 g/mol. The normalized spacial score (nSPS) is 22.0. The van der Waals surface area contributed by atoms with E-state index < -0.39 is 12.7 Å². The summed E-state index contributed by atoms with van der Waals surface area (Å²) in [5.41, 5.74) is 0. The van der Waals surface area contributed by atoms with Gasteiger partial charge in [0, 0.05) is 52.1 Å². The van der Waals surface area contributed by atoms with Crippen molar-refractivity contribution in [3.8, 4) is 0 Å². The van der Waals surface area contributed by atoms with Gasteiger partial charge in [-0.1, -0.05) is 0 Å². The topological polar surface area (TPSA) is 43.9 Å². The van der Waals surface area contributed by atoms with Gasteiger partial charge in [-0.2, -0.15) is 13.2 Å². The van der Waals surface area contributed by atoms with Crippen LogP contribution in [0.1, 0.15) is 19.8 Å². The van der Waals surface area contributed by atoms with Crippen molar-refractivity contribution >= 4 is 11.8 Å². The summed E-state index contributed by atoms with van der Waals surface area (Å²) in [6, 6.07) is 0. The molecule has 8 heteroatoms. The van der Waals surface area contributed by atoms with Gasteiger partial charge >= 0.3 is 6.18 Å². The number of piperazine rings is 1. The second-order valence-electron chi connectivity index (χ2n) is 6.00. The van der Waals surface area contributed by atoms with Gasteiger partial charge < -0.3 is 9.80 Å². The monoisotopic (exact) mass is 321 g/mol. The molecule has 0 unspecified atom stereocenters. The van der Waals surface area contributed by atoms with Crippen molar-refractivity contribution in [1.29, 1.82) is 0 Å². The van der Waals surface area contributed by atoms with Gasteiger partial charge in [0.15, 0.2) is 0 Å². The number of nitrogens with zero attached hydrogens (tertiary/aromatic N) is 3. The van der Waals surface area contributed by atoms with Crippen LogP contribution in [0, 0.1) is 5.92 Å². The molecule has 0 spiro atoms. The van der Waals surface area contributed by atoms with E-state index in [0.29, 0.717) is 39.0 Å². The number of carbonyl (C=O) groups excluding carboxylic acids is 2. The fourth-order valence-corrected chi connectivity index (χ4v) is 3.08. The zero-order valence-corrected chi connectivity index (χ0v) is 12.7. The van der Waals surface area contributed by atoms with Crippen LogP contribution >= 0.6 is 0 Å². The highest BCUT2D eigenvalue weighted by atomic mass is 19.4. The summed E-state index contributed by atoms with van der Waals surface area (Å²) in [5, 5.41) is 0. The number of piperidine rings is 1. The molecule has 0 atom stereocenters. The zero-order chi connectivity index (χ0) is 16.3. The van der Waals surface area contributed by atoms with E-state index in [-0.39, 0.29) is 30.8 Å². The minimum Gasteiger partial charge on any atom is -0.343 e. The standard InChI is InChI=1S/C14H22F3N3O2/c1-11(21)19-4-2-12(3-5-19)13(22)20-8-6-18(7-9-20)10-14(15,16)17/h12H,2-10H2,1H3. The van der Waals surface area contributed by atoms with Gasteiger partial charge in [-0.05, 0) is 12.8 Å². The van der Waals surface area contributed by atoms with E-state index in [1.165, 1.54) is 11.8 Å². The Morgan fingerprint density at radius 3 is 1.95 bits per heavy atom. The number of carbonyl (C=O) groups is 2. The lowest BCUT2D eigenvalue weighted by Gasteiger charge is -2.38. The van der Waals surface area contributed by atoms with E-state index in [9.17, 15) is 22.8 Å². The molecule has 0 saturated carbocycles. The highest BCUT2D eigenvalue weighted by molar-refractivity contribution is 5.79. The van der Waals surface area contributed by atoms with Crippen molar-refractivity contribution in [2.75, 3.05) is 45.8 Å². The van der Waals surface area contributed by atoms with Crippen LogP contribution in [0.2, 0.25) is 0 Å². The number of likely N-dealkylation sites (tertiary alicyclic amines) is 1. The quantitative estimate of drug-likeness (QED) is 0.761. The van der Waals surface area contributed by atoms with E-state index in [1.807, 2.05) is 0 Å². The molecule has 2 aliphatic heterocycles. The lowest BCUT2D eigenvalue weighted by atomic mass is 9.95. The minimum atomic E-state index is -4.19. The van der Waals surface area contributed by atoms with Crippen LogP contribution in [-0.2, 0) is 9.59 Å². The van der Waals surface area contributed by atoms with E-state index in [2.05, 4.69) is 0 Å². The average Bonchev–Trinajstić information content (AvgIpc) is 2.46. The van der Waals surface area contributed by atoms with Crippen LogP contribution in [0.3, 0.4) is 0 Å². The lowest BCUT2D eigenvalue weighted by molar-refractivity contribution is -0.153. The first-order valence-corrected chi connectivity index (χ1v) is 7.59. The number of hydrogen-bond acceptors (Lipinski definition) is 3. The van der Waals surface area contributed by atoms with Crippen LogP contribution in [0.15, 0.2) is 0 Å². The molecule has 0 bridgehead atoms. The van der Waals surface area contributed by atoms with Crippen molar-refractivity contribution in [2.24, 2.45) is 5.92 Å². The van der Waals surface area contributed by atoms with Gasteiger partial charge in [-0.25, -0.2) is 0 Å². The van der Waals surface area contributed by atoms with Gasteiger partial charge in [0.1, 0.15) is 0 Å². The predicted molar refractivity (Wildman–Crippen MR) is 74.1 cm³/mol. The number of alkyl halides is 3. The van der Waals surface area contributed by atoms with Gasteiger partial charge in [0.05, 0.1) is 6.54 Å². The SMILES string of the molecule is CC(=O)N1CCC(C(=O)N2CCN(CC(F)(F)F)CC2)CC1. The van der Waals surface area contributed by atoms with Crippen LogP contribution in [0.4, 0.5) is 13.2 Å². The third-order valence-corrected chi connectivity index (χ3v) is 4.38. The number of rotatable bonds is 2. The smallest absolute Gasteiger partial charge is 0.343 e. The van der Waals surface area contributed by atoms with E-state index in [4.69, 9.17) is 0 Å². The predicted octanol–water partition coefficient (Wildman–Crippen LogP) is 0.951. The molecule has 5 nitrogen and oxygen atoms in total. The van der Waals surface area contributed by atoms with Crippen LogP contribution in [-0.4, -0.2) is 78.5 Å². The molecule has 2 aliphatic rings. The Morgan fingerprint density at radius 1 is 0.955 bits per heavy atom. The first kappa shape index (κ1) is 17.1. The molecule has 0 radical (unpaired) electrons. The molecule has 2 fully saturated rings. The molecule has 0 aliphatic carbocycles. The van der Waals surface area contributed by atoms with Crippen molar-refractivity contribution in [3.05, 3.63) is 0 Å². The van der Waals surface area contributed by atoms with Crippen molar-refractivity contribution in [1.82, 2.24) is 14.7 Å². The first-order chi connectivity index (χ1) is 10.3. The Morgan fingerprint density at radius 2 is 1.50 bits per heavy atom. The fourth-order valence-electron chi connectivity index (χ4n) is 3.08. The highest BCUT2D eigenvalue weighted by Crippen LogP contribution is 2.22. The van der Waals surface area contributed by atoms with Crippen molar-refractivity contribution < 1.29 is 22.8 Å². The van der Waals surface area contributed by atoms with E-state index in [1.54, 1.807) is 9.80 Å². The van der Waals surface area contributed by atoms with Crippen molar-refractivity contribution in [2.45, 2.75) is 25.9 Å². The molecule has 0 aromatic carbocycles. The maximum absolute atomic E-state index is 12.4. The summed E-state index contributed by atoms with van der Waals surface area (Å²) in [7, 11) is 0. The molecule has 2 heterocycles. The summed E-state index contributed by atoms with van der Waals surface area (Å²) >= 11 is 0. The third-order valence-electron chi connectivity index (χ3n) is 4.38. The molecule has 22 heavy (non-hydrogen) atoms. The molecule has 2 rings (SSSR count). The Bertz CT molecular complexity index is 412. The molecular formula is C14H22F3N3O2. The number of amides is 2. The van der Waals surface area contributed by atoms with Gasteiger partial charge in [-0.15, -0.1) is 0 Å². The van der Waals surface area contributed by atoms with E-state index in [0.717, 1.165) is 0 Å². The van der Waals surface area contributed by atoms with Gasteiger partial charge in [-0.3, -0.25) is 14.5 Å². The summed E-state index contributed by atoms with van der Waals surface area (Å²) in [6.07, 6.45) is -2.91. The lowest BCUT2D eigenvalue weighted by Crippen LogP contribution is -2.53. The molecule has 0 N–H and O–H groups in total. The Balaban J connectivity index is 1.77. The maximum Gasteiger partial charge on any atom is 0.401 e. The Hall–Kier alpha value is -1.31. The second-order valence-corrected chi connectivity index (χ2v) is 6.00. The van der Waals surface area contributed by atoms with Crippen LogP contribution in [0.25, 0.3) is 0 Å². The summed E-state index contributed by atoms with van der Waals surface area (Å²) in [4.78, 5) is 28.4. The van der Waals surface area contributed by atoms with Gasteiger partial charge in [0.25, 0.3) is 0 Å². The molecule has 0 aromatic heterocycles. The van der Waals surface area contributed by atoms with Crippen molar-refractivity contribution in [3.63, 3.8) is 0 Å². The van der Waals surface area contributed by atoms with Gasteiger partial charge in [0.2, 0.25) is 11.8 Å². The summed E-state index contributed by atoms with van der Waals surface area (Å²) in [6.45, 7) is 2.99. The first-order valence-electron chi connectivity index (χ1n) is 7.59. The minimum absolute atomic E-state index is 0.0201. The number of halogens is 3. The fraction of sp³-hybridized carbons (Fsp3) is 0.857. The van der Waals surface area contributed by atoms with E-state index >= 15 is 0 Å². The number of hydrogen-bond donors (Lipinski definition) is 0. The maximum atomic E-state index is 12.4. The second kappa shape index (κ2) is 6.85. The Labute approximate surface area is 128 Å². The summed E-state index contributed by atoms with van der Waals surface area (Å²) < 4.78 is 37.0. The zero-order valence-electron chi connectivity index (χ0n) is 12.7.